The van der Waals surface area contributed by atoms with Crippen molar-refractivity contribution in [1.29, 1.82) is 0 Å². The molecule has 1 amide bonds. The molecule has 0 spiro atoms. The third-order valence-electron chi connectivity index (χ3n) is 3.38. The van der Waals surface area contributed by atoms with Crippen molar-refractivity contribution in [3.63, 3.8) is 0 Å². The molecule has 0 aliphatic heterocycles. The second-order valence-corrected chi connectivity index (χ2v) is 5.57. The number of anilines is 1. The summed E-state index contributed by atoms with van der Waals surface area (Å²) in [5.41, 5.74) is 2.67. The van der Waals surface area contributed by atoms with E-state index in [1.807, 2.05) is 0 Å². The van der Waals surface area contributed by atoms with Gasteiger partial charge in [-0.25, -0.2) is 4.79 Å². The molecule has 2 aromatic carbocycles. The van der Waals surface area contributed by atoms with Crippen LogP contribution in [0.3, 0.4) is 0 Å². The zero-order valence-electron chi connectivity index (χ0n) is 13.5. The van der Waals surface area contributed by atoms with Crippen LogP contribution in [0.15, 0.2) is 42.5 Å². The largest absolute Gasteiger partial charge is 0.452 e. The van der Waals surface area contributed by atoms with E-state index in [1.54, 1.807) is 56.5 Å². The van der Waals surface area contributed by atoms with Gasteiger partial charge in [-0.15, -0.1) is 0 Å². The van der Waals surface area contributed by atoms with Crippen LogP contribution in [0, 0.1) is 6.92 Å². The highest BCUT2D eigenvalue weighted by molar-refractivity contribution is 6.31. The van der Waals surface area contributed by atoms with Crippen molar-refractivity contribution < 1.29 is 19.1 Å². The molecule has 0 aromatic heterocycles. The van der Waals surface area contributed by atoms with E-state index < -0.39 is 11.9 Å². The first-order valence-electron chi connectivity index (χ1n) is 7.31. The first kappa shape index (κ1) is 18.0. The number of carbonyl (C=O) groups is 2. The van der Waals surface area contributed by atoms with Gasteiger partial charge >= 0.3 is 5.97 Å². The Morgan fingerprint density at radius 3 is 2.50 bits per heavy atom. The highest BCUT2D eigenvalue weighted by Crippen LogP contribution is 2.22. The molecule has 0 saturated heterocycles. The number of halogens is 1. The van der Waals surface area contributed by atoms with Crippen LogP contribution in [0.2, 0.25) is 5.02 Å². The Bertz CT molecular complexity index is 728. The first-order chi connectivity index (χ1) is 11.5. The lowest BCUT2D eigenvalue weighted by Gasteiger charge is -2.10. The number of esters is 1. The second-order valence-electron chi connectivity index (χ2n) is 5.17. The van der Waals surface area contributed by atoms with Crippen LogP contribution < -0.4 is 5.32 Å². The third kappa shape index (κ3) is 4.81. The van der Waals surface area contributed by atoms with Crippen molar-refractivity contribution in [1.82, 2.24) is 0 Å². The molecule has 5 nitrogen and oxygen atoms in total. The van der Waals surface area contributed by atoms with Crippen molar-refractivity contribution >= 4 is 29.2 Å². The van der Waals surface area contributed by atoms with Gasteiger partial charge in [-0.1, -0.05) is 29.8 Å². The molecule has 1 N–H and O–H groups in total. The number of ether oxygens (including phenoxy) is 2. The smallest absolute Gasteiger partial charge is 0.338 e. The van der Waals surface area contributed by atoms with Gasteiger partial charge in [0.2, 0.25) is 0 Å². The summed E-state index contributed by atoms with van der Waals surface area (Å²) < 4.78 is 10.0. The molecule has 0 bridgehead atoms. The second kappa shape index (κ2) is 8.47. The zero-order valence-corrected chi connectivity index (χ0v) is 14.2. The number of hydrogen-bond donors (Lipinski definition) is 1. The van der Waals surface area contributed by atoms with Crippen molar-refractivity contribution in [2.24, 2.45) is 0 Å². The third-order valence-corrected chi connectivity index (χ3v) is 3.79. The molecule has 0 unspecified atom stereocenters. The fraction of sp³-hybridized carbons (Fsp3) is 0.222. The van der Waals surface area contributed by atoms with Gasteiger partial charge in [0.05, 0.1) is 12.2 Å². The lowest BCUT2D eigenvalue weighted by Crippen LogP contribution is -2.21. The number of hydrogen-bond acceptors (Lipinski definition) is 4. The molecule has 2 aromatic rings. The zero-order chi connectivity index (χ0) is 17.5. The minimum atomic E-state index is -0.558. The molecular formula is C18H18ClNO4. The maximum Gasteiger partial charge on any atom is 0.338 e. The maximum atomic E-state index is 11.9. The SMILES string of the molecule is COCc1ccc(C(=O)OCC(=O)Nc2cccc(Cl)c2C)cc1. The molecule has 2 rings (SSSR count). The number of methoxy groups -OCH3 is 1. The fourth-order valence-electron chi connectivity index (χ4n) is 2.05. The Hall–Kier alpha value is -2.37. The van der Waals surface area contributed by atoms with Crippen LogP contribution in [0.5, 0.6) is 0 Å². The van der Waals surface area contributed by atoms with Crippen LogP contribution in [0.1, 0.15) is 21.5 Å². The highest BCUT2D eigenvalue weighted by Gasteiger charge is 2.11. The molecule has 0 aliphatic carbocycles. The van der Waals surface area contributed by atoms with Gasteiger partial charge < -0.3 is 14.8 Å². The summed E-state index contributed by atoms with van der Waals surface area (Å²) in [7, 11) is 1.60. The molecule has 0 atom stereocenters. The predicted molar refractivity (Wildman–Crippen MR) is 92.3 cm³/mol. The van der Waals surface area contributed by atoms with E-state index in [9.17, 15) is 9.59 Å². The summed E-state index contributed by atoms with van der Waals surface area (Å²) in [4.78, 5) is 23.8. The van der Waals surface area contributed by atoms with E-state index in [4.69, 9.17) is 21.1 Å². The Labute approximate surface area is 145 Å². The van der Waals surface area contributed by atoms with E-state index in [-0.39, 0.29) is 6.61 Å². The minimum absolute atomic E-state index is 0.370. The van der Waals surface area contributed by atoms with Crippen LogP contribution in [0.25, 0.3) is 0 Å². The first-order valence-corrected chi connectivity index (χ1v) is 7.69. The Morgan fingerprint density at radius 1 is 1.12 bits per heavy atom. The average Bonchev–Trinajstić information content (AvgIpc) is 2.58. The molecule has 24 heavy (non-hydrogen) atoms. The molecule has 0 heterocycles. The van der Waals surface area contributed by atoms with Crippen molar-refractivity contribution in [3.05, 3.63) is 64.2 Å². The van der Waals surface area contributed by atoms with E-state index in [0.29, 0.717) is 22.9 Å². The molecule has 0 saturated carbocycles. The summed E-state index contributed by atoms with van der Waals surface area (Å²) in [5, 5.41) is 3.22. The number of amides is 1. The Morgan fingerprint density at radius 2 is 1.83 bits per heavy atom. The highest BCUT2D eigenvalue weighted by atomic mass is 35.5. The van der Waals surface area contributed by atoms with Gasteiger partial charge in [0.1, 0.15) is 0 Å². The molecule has 126 valence electrons. The molecular weight excluding hydrogens is 330 g/mol. The summed E-state index contributed by atoms with van der Waals surface area (Å²) in [5.74, 6) is -0.985. The van der Waals surface area contributed by atoms with E-state index in [0.717, 1.165) is 11.1 Å². The number of carbonyl (C=O) groups excluding carboxylic acids is 2. The molecule has 0 fully saturated rings. The Kier molecular flexibility index (Phi) is 6.35. The minimum Gasteiger partial charge on any atom is -0.452 e. The van der Waals surface area contributed by atoms with Gasteiger partial charge in [0, 0.05) is 17.8 Å². The lowest BCUT2D eigenvalue weighted by atomic mass is 10.1. The normalized spacial score (nSPS) is 10.3. The van der Waals surface area contributed by atoms with E-state index in [2.05, 4.69) is 5.32 Å². The summed E-state index contributed by atoms with van der Waals surface area (Å²) in [6.45, 7) is 1.90. The monoisotopic (exact) mass is 347 g/mol. The predicted octanol–water partition coefficient (Wildman–Crippen LogP) is 3.59. The van der Waals surface area contributed by atoms with E-state index >= 15 is 0 Å². The van der Waals surface area contributed by atoms with Crippen LogP contribution >= 0.6 is 11.6 Å². The van der Waals surface area contributed by atoms with Gasteiger partial charge in [-0.3, -0.25) is 4.79 Å². The van der Waals surface area contributed by atoms with Gasteiger partial charge in [0.25, 0.3) is 5.91 Å². The molecule has 0 aliphatic rings. The van der Waals surface area contributed by atoms with Gasteiger partial charge in [-0.2, -0.15) is 0 Å². The Balaban J connectivity index is 1.89. The summed E-state index contributed by atoms with van der Waals surface area (Å²) in [6, 6.07) is 12.0. The topological polar surface area (TPSA) is 64.6 Å². The number of rotatable bonds is 6. The maximum absolute atomic E-state index is 11.9. The van der Waals surface area contributed by atoms with Gasteiger partial charge in [-0.05, 0) is 42.3 Å². The summed E-state index contributed by atoms with van der Waals surface area (Å²) >= 11 is 5.99. The van der Waals surface area contributed by atoms with Crippen molar-refractivity contribution in [2.45, 2.75) is 13.5 Å². The van der Waals surface area contributed by atoms with E-state index in [1.165, 1.54) is 0 Å². The van der Waals surface area contributed by atoms with Crippen LogP contribution in [0.4, 0.5) is 5.69 Å². The van der Waals surface area contributed by atoms with Crippen molar-refractivity contribution in [3.8, 4) is 0 Å². The molecule has 0 radical (unpaired) electrons. The number of nitrogens with one attached hydrogen (secondary N) is 1. The molecule has 6 heteroatoms. The fourth-order valence-corrected chi connectivity index (χ4v) is 2.22. The lowest BCUT2D eigenvalue weighted by molar-refractivity contribution is -0.119. The van der Waals surface area contributed by atoms with Crippen LogP contribution in [-0.2, 0) is 20.9 Å². The quantitative estimate of drug-likeness (QED) is 0.811. The van der Waals surface area contributed by atoms with Crippen LogP contribution in [-0.4, -0.2) is 25.6 Å². The number of benzene rings is 2. The van der Waals surface area contributed by atoms with Crippen molar-refractivity contribution in [2.75, 3.05) is 19.0 Å². The average molecular weight is 348 g/mol. The standard InChI is InChI=1S/C18H18ClNO4/c1-12-15(19)4-3-5-16(12)20-17(21)11-24-18(22)14-8-6-13(7-9-14)10-23-2/h3-9H,10-11H2,1-2H3,(H,20,21). The summed E-state index contributed by atoms with van der Waals surface area (Å²) in [6.07, 6.45) is 0. The van der Waals surface area contributed by atoms with Gasteiger partial charge in [0.15, 0.2) is 6.61 Å².